The van der Waals surface area contributed by atoms with Crippen LogP contribution in [-0.4, -0.2) is 22.8 Å². The van der Waals surface area contributed by atoms with Gasteiger partial charge in [-0.25, -0.2) is 0 Å². The van der Waals surface area contributed by atoms with Crippen LogP contribution in [0.15, 0.2) is 12.2 Å². The monoisotopic (exact) mass is 382 g/mol. The fourth-order valence-corrected chi connectivity index (χ4v) is 3.13. The number of hydrogen-bond acceptors (Lipinski definition) is 3. The van der Waals surface area contributed by atoms with Gasteiger partial charge in [-0.05, 0) is 52.9 Å². The molecule has 0 radical (unpaired) electrons. The molecule has 0 fully saturated rings. The third-order valence-electron chi connectivity index (χ3n) is 4.62. The van der Waals surface area contributed by atoms with Gasteiger partial charge in [0.05, 0.1) is 12.5 Å². The van der Waals surface area contributed by atoms with Gasteiger partial charge in [-0.15, -0.1) is 0 Å². The van der Waals surface area contributed by atoms with Crippen molar-refractivity contribution >= 4 is 5.97 Å². The number of carbonyl (C=O) groups is 1. The number of aliphatic hydroxyl groups excluding tert-OH is 1. The van der Waals surface area contributed by atoms with E-state index in [1.54, 1.807) is 0 Å². The normalized spacial score (nSPS) is 13.2. The molecule has 0 aromatic rings. The Morgan fingerprint density at radius 1 is 0.852 bits per heavy atom. The van der Waals surface area contributed by atoms with E-state index in [1.807, 2.05) is 20.8 Å². The topological polar surface area (TPSA) is 46.5 Å². The molecule has 0 aliphatic rings. The first-order valence-corrected chi connectivity index (χ1v) is 11.4. The Balaban J connectivity index is 3.37. The van der Waals surface area contributed by atoms with Crippen LogP contribution in [0, 0.1) is 0 Å². The number of unbranched alkanes of at least 4 members (excludes halogenated alkanes) is 11. The van der Waals surface area contributed by atoms with Crippen LogP contribution in [0.3, 0.4) is 0 Å². The van der Waals surface area contributed by atoms with E-state index in [2.05, 4.69) is 19.1 Å². The third kappa shape index (κ3) is 21.3. The second-order valence-electron chi connectivity index (χ2n) is 8.82. The van der Waals surface area contributed by atoms with Gasteiger partial charge >= 0.3 is 5.97 Å². The summed E-state index contributed by atoms with van der Waals surface area (Å²) in [6, 6.07) is 0. The van der Waals surface area contributed by atoms with E-state index < -0.39 is 11.7 Å². The van der Waals surface area contributed by atoms with E-state index in [4.69, 9.17) is 4.74 Å². The van der Waals surface area contributed by atoms with Crippen LogP contribution in [0.4, 0.5) is 0 Å². The molecule has 0 bridgehead atoms. The lowest BCUT2D eigenvalue weighted by Crippen LogP contribution is -2.26. The van der Waals surface area contributed by atoms with E-state index in [0.717, 1.165) is 12.8 Å². The summed E-state index contributed by atoms with van der Waals surface area (Å²) in [6.45, 7) is 7.81. The molecule has 0 aromatic heterocycles. The van der Waals surface area contributed by atoms with Crippen molar-refractivity contribution in [1.82, 2.24) is 0 Å². The van der Waals surface area contributed by atoms with E-state index in [-0.39, 0.29) is 12.4 Å². The number of rotatable bonds is 17. The minimum atomic E-state index is -0.565. The lowest BCUT2D eigenvalue weighted by atomic mass is 10.0. The standard InChI is InChI=1S/C24H46O3/c1-5-6-7-8-9-10-11-12-13-14-15-16-17-18-19-20-22(25)21-23(26)27-24(2,3)4/h12-13,22,25H,5-11,14-21H2,1-4H3/t22-/m1/s1. The van der Waals surface area contributed by atoms with Crippen LogP contribution in [-0.2, 0) is 9.53 Å². The molecule has 0 rings (SSSR count). The molecule has 1 atom stereocenters. The van der Waals surface area contributed by atoms with Crippen molar-refractivity contribution in [2.24, 2.45) is 0 Å². The van der Waals surface area contributed by atoms with Crippen molar-refractivity contribution in [3.05, 3.63) is 12.2 Å². The summed E-state index contributed by atoms with van der Waals surface area (Å²) in [5.41, 5.74) is -0.472. The van der Waals surface area contributed by atoms with E-state index in [1.165, 1.54) is 70.6 Å². The highest BCUT2D eigenvalue weighted by atomic mass is 16.6. The predicted octanol–water partition coefficient (Wildman–Crippen LogP) is 7.12. The molecular weight excluding hydrogens is 336 g/mol. The second-order valence-corrected chi connectivity index (χ2v) is 8.82. The first kappa shape index (κ1) is 26.2. The zero-order valence-electron chi connectivity index (χ0n) is 18.6. The average Bonchev–Trinajstić information content (AvgIpc) is 2.56. The molecule has 1 N–H and O–H groups in total. The third-order valence-corrected chi connectivity index (χ3v) is 4.62. The van der Waals surface area contributed by atoms with Gasteiger partial charge in [0.25, 0.3) is 0 Å². The van der Waals surface area contributed by atoms with Gasteiger partial charge in [-0.1, -0.05) is 76.9 Å². The molecular formula is C24H46O3. The van der Waals surface area contributed by atoms with Crippen molar-refractivity contribution in [2.75, 3.05) is 0 Å². The maximum atomic E-state index is 11.6. The van der Waals surface area contributed by atoms with Gasteiger partial charge in [-0.2, -0.15) is 0 Å². The summed E-state index contributed by atoms with van der Waals surface area (Å²) < 4.78 is 5.23. The first-order valence-electron chi connectivity index (χ1n) is 11.4. The molecule has 0 spiro atoms. The van der Waals surface area contributed by atoms with Crippen LogP contribution >= 0.6 is 0 Å². The number of aliphatic hydroxyl groups is 1. The first-order chi connectivity index (χ1) is 12.8. The fraction of sp³-hybridized carbons (Fsp3) is 0.875. The van der Waals surface area contributed by atoms with Crippen LogP contribution in [0.1, 0.15) is 124 Å². The van der Waals surface area contributed by atoms with Crippen LogP contribution in [0.5, 0.6) is 0 Å². The van der Waals surface area contributed by atoms with E-state index >= 15 is 0 Å². The van der Waals surface area contributed by atoms with Crippen LogP contribution in [0.25, 0.3) is 0 Å². The van der Waals surface area contributed by atoms with Crippen LogP contribution < -0.4 is 0 Å². The Kier molecular flexibility index (Phi) is 16.7. The number of ether oxygens (including phenoxy) is 1. The zero-order chi connectivity index (χ0) is 20.4. The summed E-state index contributed by atoms with van der Waals surface area (Å²) in [5, 5.41) is 9.91. The number of hydrogen-bond donors (Lipinski definition) is 1. The highest BCUT2D eigenvalue weighted by molar-refractivity contribution is 5.70. The summed E-state index contributed by atoms with van der Waals surface area (Å²) >= 11 is 0. The predicted molar refractivity (Wildman–Crippen MR) is 116 cm³/mol. The number of esters is 1. The lowest BCUT2D eigenvalue weighted by molar-refractivity contribution is -0.157. The molecule has 0 unspecified atom stereocenters. The van der Waals surface area contributed by atoms with Gasteiger partial charge in [0.15, 0.2) is 0 Å². The average molecular weight is 383 g/mol. The molecule has 0 aliphatic carbocycles. The van der Waals surface area contributed by atoms with Gasteiger partial charge in [0, 0.05) is 0 Å². The van der Waals surface area contributed by atoms with Gasteiger partial charge in [-0.3, -0.25) is 4.79 Å². The molecule has 27 heavy (non-hydrogen) atoms. The van der Waals surface area contributed by atoms with Gasteiger partial charge in [0.1, 0.15) is 5.60 Å². The minimum absolute atomic E-state index is 0.112. The number of allylic oxidation sites excluding steroid dienone is 2. The smallest absolute Gasteiger partial charge is 0.308 e. The van der Waals surface area contributed by atoms with Crippen molar-refractivity contribution in [1.29, 1.82) is 0 Å². The highest BCUT2D eigenvalue weighted by Gasteiger charge is 2.18. The van der Waals surface area contributed by atoms with Crippen LogP contribution in [0.2, 0.25) is 0 Å². The molecule has 3 heteroatoms. The van der Waals surface area contributed by atoms with Crippen molar-refractivity contribution in [2.45, 2.75) is 136 Å². The molecule has 160 valence electrons. The maximum Gasteiger partial charge on any atom is 0.308 e. The molecule has 0 amide bonds. The molecule has 0 saturated carbocycles. The fourth-order valence-electron chi connectivity index (χ4n) is 3.13. The Hall–Kier alpha value is -0.830. The van der Waals surface area contributed by atoms with Gasteiger partial charge < -0.3 is 9.84 Å². The summed E-state index contributed by atoms with van der Waals surface area (Å²) in [6.07, 6.45) is 21.4. The number of carbonyl (C=O) groups excluding carboxylic acids is 1. The molecule has 0 aromatic carbocycles. The molecule has 0 heterocycles. The largest absolute Gasteiger partial charge is 0.460 e. The molecule has 3 nitrogen and oxygen atoms in total. The summed E-state index contributed by atoms with van der Waals surface area (Å²) in [5.74, 6) is -0.303. The van der Waals surface area contributed by atoms with E-state index in [9.17, 15) is 9.90 Å². The Morgan fingerprint density at radius 2 is 1.33 bits per heavy atom. The van der Waals surface area contributed by atoms with E-state index in [0.29, 0.717) is 6.42 Å². The molecule has 0 aliphatic heterocycles. The highest BCUT2D eigenvalue weighted by Crippen LogP contribution is 2.14. The molecule has 0 saturated heterocycles. The van der Waals surface area contributed by atoms with Crippen molar-refractivity contribution in [3.63, 3.8) is 0 Å². The quantitative estimate of drug-likeness (QED) is 0.165. The van der Waals surface area contributed by atoms with Crippen molar-refractivity contribution in [3.8, 4) is 0 Å². The lowest BCUT2D eigenvalue weighted by Gasteiger charge is -2.20. The maximum absolute atomic E-state index is 11.6. The summed E-state index contributed by atoms with van der Waals surface area (Å²) in [7, 11) is 0. The minimum Gasteiger partial charge on any atom is -0.460 e. The van der Waals surface area contributed by atoms with Crippen molar-refractivity contribution < 1.29 is 14.6 Å². The van der Waals surface area contributed by atoms with Gasteiger partial charge in [0.2, 0.25) is 0 Å². The Labute approximate surface area is 169 Å². The SMILES string of the molecule is CCCCCCCCC=CCCCCCCC[C@@H](O)CC(=O)OC(C)(C)C. The Bertz CT molecular complexity index is 368. The zero-order valence-corrected chi connectivity index (χ0v) is 18.6. The Morgan fingerprint density at radius 3 is 1.85 bits per heavy atom. The summed E-state index contributed by atoms with van der Waals surface area (Å²) in [4.78, 5) is 11.6. The second kappa shape index (κ2) is 17.3.